The number of carbonyl (C=O) groups is 2. The molecule has 0 aliphatic carbocycles. The number of rotatable bonds is 9. The lowest BCUT2D eigenvalue weighted by atomic mass is 10.1. The van der Waals surface area contributed by atoms with Crippen LogP contribution in [0.3, 0.4) is 0 Å². The van der Waals surface area contributed by atoms with Gasteiger partial charge in [0.25, 0.3) is 0 Å². The Morgan fingerprint density at radius 3 is 2.32 bits per heavy atom. The summed E-state index contributed by atoms with van der Waals surface area (Å²) in [5.74, 6) is 0.549. The Morgan fingerprint density at radius 1 is 0.903 bits per heavy atom. The van der Waals surface area contributed by atoms with Gasteiger partial charge in [-0.25, -0.2) is 0 Å². The second kappa shape index (κ2) is 11.2. The van der Waals surface area contributed by atoms with E-state index in [2.05, 4.69) is 10.6 Å². The Kier molecular flexibility index (Phi) is 8.12. The number of hydrogen-bond donors (Lipinski definition) is 2. The van der Waals surface area contributed by atoms with Gasteiger partial charge < -0.3 is 15.4 Å². The highest BCUT2D eigenvalue weighted by molar-refractivity contribution is 8.00. The van der Waals surface area contributed by atoms with Crippen LogP contribution in [0.25, 0.3) is 0 Å². The molecule has 3 aromatic carbocycles. The van der Waals surface area contributed by atoms with Gasteiger partial charge in [-0.1, -0.05) is 49.4 Å². The lowest BCUT2D eigenvalue weighted by Crippen LogP contribution is -2.24. The van der Waals surface area contributed by atoms with E-state index < -0.39 is 0 Å². The summed E-state index contributed by atoms with van der Waals surface area (Å²) in [5.41, 5.74) is 2.38. The van der Waals surface area contributed by atoms with Gasteiger partial charge in [-0.3, -0.25) is 9.59 Å². The molecular formula is C25H26N2O3S. The number of nitrogens with one attached hydrogen (secondary N) is 2. The molecule has 0 radical (unpaired) electrons. The summed E-state index contributed by atoms with van der Waals surface area (Å²) in [6.07, 6.45) is 0.990. The van der Waals surface area contributed by atoms with E-state index in [0.29, 0.717) is 30.0 Å². The normalized spacial score (nSPS) is 11.4. The number of ether oxygens (including phenoxy) is 1. The second-order valence-electron chi connectivity index (χ2n) is 6.97. The maximum Gasteiger partial charge on any atom is 0.237 e. The third-order valence-corrected chi connectivity index (χ3v) is 5.96. The topological polar surface area (TPSA) is 67.4 Å². The van der Waals surface area contributed by atoms with Crippen molar-refractivity contribution in [1.29, 1.82) is 0 Å². The molecule has 2 N–H and O–H groups in total. The van der Waals surface area contributed by atoms with Gasteiger partial charge >= 0.3 is 0 Å². The van der Waals surface area contributed by atoms with Gasteiger partial charge in [0.15, 0.2) is 0 Å². The number of carbonyl (C=O) groups excluding carboxylic acids is 2. The molecule has 0 saturated carbocycles. The predicted molar refractivity (Wildman–Crippen MR) is 127 cm³/mol. The number of benzene rings is 3. The van der Waals surface area contributed by atoms with Crippen LogP contribution in [0.2, 0.25) is 0 Å². The van der Waals surface area contributed by atoms with Gasteiger partial charge in [-0.2, -0.15) is 0 Å². The molecule has 160 valence electrons. The first kappa shape index (κ1) is 22.4. The van der Waals surface area contributed by atoms with Gasteiger partial charge in [0, 0.05) is 22.3 Å². The monoisotopic (exact) mass is 434 g/mol. The van der Waals surface area contributed by atoms with Crippen LogP contribution < -0.4 is 15.4 Å². The van der Waals surface area contributed by atoms with Crippen molar-refractivity contribution in [2.75, 3.05) is 17.7 Å². The van der Waals surface area contributed by atoms with Crippen LogP contribution in [0, 0.1) is 0 Å². The second-order valence-corrected chi connectivity index (χ2v) is 8.25. The van der Waals surface area contributed by atoms with E-state index in [9.17, 15) is 9.59 Å². The molecule has 0 heterocycles. The van der Waals surface area contributed by atoms with Gasteiger partial charge in [0.2, 0.25) is 11.8 Å². The van der Waals surface area contributed by atoms with Crippen LogP contribution in [0.4, 0.5) is 11.4 Å². The standard InChI is InChI=1S/C25H26N2O3S/c1-3-23(25(29)27-19-11-7-13-21(16-19)30-2)31-22-14-8-12-20(17-22)26-24(28)15-18-9-5-4-6-10-18/h4-14,16-17,23H,3,15H2,1-2H3,(H,26,28)(H,27,29). The molecule has 0 aromatic heterocycles. The Balaban J connectivity index is 1.61. The highest BCUT2D eigenvalue weighted by Crippen LogP contribution is 2.29. The zero-order chi connectivity index (χ0) is 22.1. The Hall–Kier alpha value is -3.25. The van der Waals surface area contributed by atoms with Crippen LogP contribution in [0.5, 0.6) is 5.75 Å². The maximum atomic E-state index is 12.8. The zero-order valence-electron chi connectivity index (χ0n) is 17.6. The molecule has 0 aliphatic rings. The SMILES string of the molecule is CCC(Sc1cccc(NC(=O)Cc2ccccc2)c1)C(=O)Nc1cccc(OC)c1. The summed E-state index contributed by atoms with van der Waals surface area (Å²) in [7, 11) is 1.59. The van der Waals surface area contributed by atoms with Crippen LogP contribution in [-0.4, -0.2) is 24.2 Å². The van der Waals surface area contributed by atoms with Crippen molar-refractivity contribution < 1.29 is 14.3 Å². The highest BCUT2D eigenvalue weighted by Gasteiger charge is 2.18. The minimum absolute atomic E-state index is 0.0701. The summed E-state index contributed by atoms with van der Waals surface area (Å²) in [6, 6.07) is 24.5. The van der Waals surface area contributed by atoms with Crippen molar-refractivity contribution in [3.05, 3.63) is 84.4 Å². The fourth-order valence-electron chi connectivity index (χ4n) is 3.04. The molecule has 0 spiro atoms. The molecule has 2 amide bonds. The average molecular weight is 435 g/mol. The minimum atomic E-state index is -0.263. The lowest BCUT2D eigenvalue weighted by molar-refractivity contribution is -0.116. The van der Waals surface area contributed by atoms with E-state index in [0.717, 1.165) is 10.5 Å². The third kappa shape index (κ3) is 6.89. The van der Waals surface area contributed by atoms with E-state index in [1.54, 1.807) is 13.2 Å². The zero-order valence-corrected chi connectivity index (χ0v) is 18.4. The maximum absolute atomic E-state index is 12.8. The number of methoxy groups -OCH3 is 1. The van der Waals surface area contributed by atoms with Crippen molar-refractivity contribution in [2.45, 2.75) is 29.9 Å². The van der Waals surface area contributed by atoms with Crippen molar-refractivity contribution in [3.63, 3.8) is 0 Å². The highest BCUT2D eigenvalue weighted by atomic mass is 32.2. The van der Waals surface area contributed by atoms with E-state index in [1.807, 2.05) is 79.7 Å². The van der Waals surface area contributed by atoms with Crippen LogP contribution in [0.15, 0.2) is 83.8 Å². The summed E-state index contributed by atoms with van der Waals surface area (Å²) in [4.78, 5) is 26.0. The van der Waals surface area contributed by atoms with Crippen molar-refractivity contribution in [2.24, 2.45) is 0 Å². The largest absolute Gasteiger partial charge is 0.497 e. The first-order valence-corrected chi connectivity index (χ1v) is 11.0. The van der Waals surface area contributed by atoms with Gasteiger partial charge in [0.05, 0.1) is 18.8 Å². The van der Waals surface area contributed by atoms with Gasteiger partial charge in [0.1, 0.15) is 5.75 Å². The number of thioether (sulfide) groups is 1. The molecule has 0 fully saturated rings. The van der Waals surface area contributed by atoms with Crippen LogP contribution >= 0.6 is 11.8 Å². The average Bonchev–Trinajstić information content (AvgIpc) is 2.78. The van der Waals surface area contributed by atoms with E-state index in [4.69, 9.17) is 4.74 Å². The minimum Gasteiger partial charge on any atom is -0.497 e. The fourth-order valence-corrected chi connectivity index (χ4v) is 4.06. The van der Waals surface area contributed by atoms with Gasteiger partial charge in [-0.15, -0.1) is 11.8 Å². The van der Waals surface area contributed by atoms with Crippen LogP contribution in [-0.2, 0) is 16.0 Å². The number of hydrogen-bond acceptors (Lipinski definition) is 4. The number of amides is 2. The number of anilines is 2. The molecule has 5 nitrogen and oxygen atoms in total. The molecule has 3 rings (SSSR count). The molecule has 0 saturated heterocycles. The summed E-state index contributed by atoms with van der Waals surface area (Å²) >= 11 is 1.48. The Morgan fingerprint density at radius 2 is 1.61 bits per heavy atom. The lowest BCUT2D eigenvalue weighted by Gasteiger charge is -2.16. The summed E-state index contributed by atoms with van der Waals surface area (Å²) < 4.78 is 5.21. The molecule has 31 heavy (non-hydrogen) atoms. The van der Waals surface area contributed by atoms with Crippen molar-refractivity contribution >= 4 is 35.0 Å². The predicted octanol–water partition coefficient (Wildman–Crippen LogP) is 5.39. The third-order valence-electron chi connectivity index (χ3n) is 4.60. The Labute approximate surface area is 187 Å². The Bertz CT molecular complexity index is 1020. The molecule has 3 aromatic rings. The summed E-state index contributed by atoms with van der Waals surface area (Å²) in [6.45, 7) is 1.98. The first-order chi connectivity index (χ1) is 15.1. The summed E-state index contributed by atoms with van der Waals surface area (Å²) in [5, 5.41) is 5.63. The molecule has 0 aliphatic heterocycles. The molecule has 1 atom stereocenters. The molecule has 6 heteroatoms. The smallest absolute Gasteiger partial charge is 0.237 e. The first-order valence-electron chi connectivity index (χ1n) is 10.1. The van der Waals surface area contributed by atoms with E-state index >= 15 is 0 Å². The molecule has 0 bridgehead atoms. The van der Waals surface area contributed by atoms with Gasteiger partial charge in [-0.05, 0) is 42.3 Å². The quantitative estimate of drug-likeness (QED) is 0.443. The van der Waals surface area contributed by atoms with Crippen LogP contribution in [0.1, 0.15) is 18.9 Å². The van der Waals surface area contributed by atoms with Crippen molar-refractivity contribution in [3.8, 4) is 5.75 Å². The molecular weight excluding hydrogens is 408 g/mol. The fraction of sp³-hybridized carbons (Fsp3) is 0.200. The molecule has 1 unspecified atom stereocenters. The van der Waals surface area contributed by atoms with E-state index in [1.165, 1.54) is 11.8 Å². The van der Waals surface area contributed by atoms with Crippen molar-refractivity contribution in [1.82, 2.24) is 0 Å². The van der Waals surface area contributed by atoms with E-state index in [-0.39, 0.29) is 17.1 Å².